The molecule has 0 spiro atoms. The second kappa shape index (κ2) is 2.75. The second-order valence-corrected chi connectivity index (χ2v) is 2.35. The Balaban J connectivity index is 3.32. The second-order valence-electron chi connectivity index (χ2n) is 1.94. The van der Waals surface area contributed by atoms with E-state index < -0.39 is 4.92 Å². The van der Waals surface area contributed by atoms with Gasteiger partial charge in [0.15, 0.2) is 4.64 Å². The van der Waals surface area contributed by atoms with E-state index in [2.05, 4.69) is 22.2 Å². The summed E-state index contributed by atoms with van der Waals surface area (Å²) >= 11 is 4.68. The van der Waals surface area contributed by atoms with E-state index in [1.54, 1.807) is 6.92 Å². The Kier molecular flexibility index (Phi) is 1.95. The van der Waals surface area contributed by atoms with E-state index in [4.69, 9.17) is 0 Å². The highest BCUT2D eigenvalue weighted by Crippen LogP contribution is 2.08. The van der Waals surface area contributed by atoms with Crippen molar-refractivity contribution in [2.45, 2.75) is 6.92 Å². The number of H-pyrrole nitrogens is 1. The van der Waals surface area contributed by atoms with E-state index in [0.29, 0.717) is 5.82 Å². The first kappa shape index (κ1) is 7.80. The third-order valence-corrected chi connectivity index (χ3v) is 1.42. The summed E-state index contributed by atoms with van der Waals surface area (Å²) in [7, 11) is 0. The average molecular weight is 171 g/mol. The highest BCUT2D eigenvalue weighted by atomic mass is 32.1. The SMILES string of the molecule is Cc1ncc([N+](=O)[O-])c(=S)[nH]1. The van der Waals surface area contributed by atoms with Crippen molar-refractivity contribution in [1.29, 1.82) is 0 Å². The van der Waals surface area contributed by atoms with Gasteiger partial charge in [-0.25, -0.2) is 4.98 Å². The number of hydrogen-bond acceptors (Lipinski definition) is 4. The van der Waals surface area contributed by atoms with Crippen molar-refractivity contribution in [3.63, 3.8) is 0 Å². The van der Waals surface area contributed by atoms with Crippen LogP contribution in [0.3, 0.4) is 0 Å². The molecule has 0 unspecified atom stereocenters. The number of nitro groups is 1. The van der Waals surface area contributed by atoms with Crippen LogP contribution in [0.5, 0.6) is 0 Å². The predicted octanol–water partition coefficient (Wildman–Crippen LogP) is 1.36. The Morgan fingerprint density at radius 3 is 2.91 bits per heavy atom. The van der Waals surface area contributed by atoms with Crippen LogP contribution in [0.1, 0.15) is 5.82 Å². The van der Waals surface area contributed by atoms with Crippen LogP contribution < -0.4 is 0 Å². The molecular formula is C5H5N3O2S. The molecule has 1 heterocycles. The van der Waals surface area contributed by atoms with Gasteiger partial charge in [0.25, 0.3) is 0 Å². The van der Waals surface area contributed by atoms with Gasteiger partial charge >= 0.3 is 5.69 Å². The van der Waals surface area contributed by atoms with Crippen LogP contribution in [-0.2, 0) is 0 Å². The molecule has 0 atom stereocenters. The maximum atomic E-state index is 10.2. The van der Waals surface area contributed by atoms with E-state index >= 15 is 0 Å². The molecule has 0 amide bonds. The molecule has 0 aliphatic carbocycles. The standard InChI is InChI=1S/C5H5N3O2S/c1-3-6-2-4(8(9)10)5(11)7-3/h2H,1H3,(H,6,7,11). The maximum Gasteiger partial charge on any atom is 0.321 e. The molecule has 0 aromatic carbocycles. The molecule has 0 radical (unpaired) electrons. The van der Waals surface area contributed by atoms with Gasteiger partial charge in [-0.3, -0.25) is 10.1 Å². The molecule has 0 aliphatic heterocycles. The summed E-state index contributed by atoms with van der Waals surface area (Å²) in [6.45, 7) is 1.68. The lowest BCUT2D eigenvalue weighted by atomic mass is 10.5. The van der Waals surface area contributed by atoms with Crippen LogP contribution in [-0.4, -0.2) is 14.9 Å². The Hall–Kier alpha value is -1.30. The quantitative estimate of drug-likeness (QED) is 0.393. The number of aromatic amines is 1. The molecule has 1 N–H and O–H groups in total. The normalized spacial score (nSPS) is 9.55. The van der Waals surface area contributed by atoms with Crippen molar-refractivity contribution < 1.29 is 4.92 Å². The molecule has 58 valence electrons. The molecule has 6 heteroatoms. The highest BCUT2D eigenvalue weighted by molar-refractivity contribution is 7.71. The molecule has 0 fully saturated rings. The summed E-state index contributed by atoms with van der Waals surface area (Å²) in [6.07, 6.45) is 1.15. The average Bonchev–Trinajstić information content (AvgIpc) is 1.85. The number of aromatic nitrogens is 2. The molecule has 1 rings (SSSR count). The molecule has 0 saturated carbocycles. The molecule has 5 nitrogen and oxygen atoms in total. The molecule has 0 bridgehead atoms. The number of aryl methyl sites for hydroxylation is 1. The van der Waals surface area contributed by atoms with Gasteiger partial charge in [-0.2, -0.15) is 0 Å². The summed E-state index contributed by atoms with van der Waals surface area (Å²) in [5, 5.41) is 10.2. The Labute approximate surface area is 67.2 Å². The van der Waals surface area contributed by atoms with Gasteiger partial charge in [-0.15, -0.1) is 0 Å². The van der Waals surface area contributed by atoms with Gasteiger partial charge in [-0.1, -0.05) is 12.2 Å². The molecule has 1 aromatic heterocycles. The summed E-state index contributed by atoms with van der Waals surface area (Å²) in [5.41, 5.74) is -0.161. The smallest absolute Gasteiger partial charge is 0.321 e. The lowest BCUT2D eigenvalue weighted by Gasteiger charge is -1.91. The van der Waals surface area contributed by atoms with E-state index in [-0.39, 0.29) is 10.3 Å². The van der Waals surface area contributed by atoms with Crippen molar-refractivity contribution in [3.05, 3.63) is 26.8 Å². The minimum Gasteiger partial charge on any atom is -0.329 e. The lowest BCUT2D eigenvalue weighted by Crippen LogP contribution is -1.94. The molecule has 0 aliphatic rings. The molecular weight excluding hydrogens is 166 g/mol. The summed E-state index contributed by atoms with van der Waals surface area (Å²) in [5.74, 6) is 0.570. The number of hydrogen-bond donors (Lipinski definition) is 1. The zero-order chi connectivity index (χ0) is 8.43. The third kappa shape index (κ3) is 1.58. The van der Waals surface area contributed by atoms with Crippen LogP contribution in [0.4, 0.5) is 5.69 Å². The van der Waals surface area contributed by atoms with Gasteiger partial charge in [0.05, 0.1) is 4.92 Å². The van der Waals surface area contributed by atoms with Gasteiger partial charge in [0.2, 0.25) is 0 Å². The summed E-state index contributed by atoms with van der Waals surface area (Å²) in [6, 6.07) is 0. The van der Waals surface area contributed by atoms with Crippen LogP contribution in [0.25, 0.3) is 0 Å². The first-order valence-electron chi connectivity index (χ1n) is 2.81. The third-order valence-electron chi connectivity index (χ3n) is 1.10. The van der Waals surface area contributed by atoms with Crippen molar-refractivity contribution >= 4 is 17.9 Å². The topological polar surface area (TPSA) is 71.8 Å². The first-order valence-corrected chi connectivity index (χ1v) is 3.22. The number of nitrogens with one attached hydrogen (secondary N) is 1. The lowest BCUT2D eigenvalue weighted by molar-refractivity contribution is -0.386. The van der Waals surface area contributed by atoms with Crippen molar-refractivity contribution in [1.82, 2.24) is 9.97 Å². The van der Waals surface area contributed by atoms with E-state index in [1.165, 1.54) is 0 Å². The number of rotatable bonds is 1. The Morgan fingerprint density at radius 1 is 1.82 bits per heavy atom. The van der Waals surface area contributed by atoms with E-state index in [0.717, 1.165) is 6.20 Å². The zero-order valence-corrected chi connectivity index (χ0v) is 6.51. The number of nitrogens with zero attached hydrogens (tertiary/aromatic N) is 2. The minimum absolute atomic E-state index is 0.113. The Morgan fingerprint density at radius 2 is 2.45 bits per heavy atom. The molecule has 0 saturated heterocycles. The van der Waals surface area contributed by atoms with Crippen LogP contribution in [0.2, 0.25) is 0 Å². The van der Waals surface area contributed by atoms with Crippen LogP contribution in [0, 0.1) is 21.7 Å². The van der Waals surface area contributed by atoms with Crippen molar-refractivity contribution in [2.24, 2.45) is 0 Å². The van der Waals surface area contributed by atoms with Crippen LogP contribution >= 0.6 is 12.2 Å². The zero-order valence-electron chi connectivity index (χ0n) is 5.70. The fourth-order valence-electron chi connectivity index (χ4n) is 0.607. The summed E-state index contributed by atoms with van der Waals surface area (Å²) < 4.78 is 0.113. The largest absolute Gasteiger partial charge is 0.329 e. The van der Waals surface area contributed by atoms with Gasteiger partial charge in [0.1, 0.15) is 12.0 Å². The molecule has 11 heavy (non-hydrogen) atoms. The van der Waals surface area contributed by atoms with Crippen LogP contribution in [0.15, 0.2) is 6.20 Å². The molecule has 1 aromatic rings. The van der Waals surface area contributed by atoms with Crippen molar-refractivity contribution in [2.75, 3.05) is 0 Å². The predicted molar refractivity (Wildman–Crippen MR) is 40.8 cm³/mol. The summed E-state index contributed by atoms with van der Waals surface area (Å²) in [4.78, 5) is 15.9. The first-order chi connectivity index (χ1) is 5.11. The maximum absolute atomic E-state index is 10.2. The van der Waals surface area contributed by atoms with E-state index in [1.807, 2.05) is 0 Å². The monoisotopic (exact) mass is 171 g/mol. The van der Waals surface area contributed by atoms with Gasteiger partial charge < -0.3 is 4.98 Å². The van der Waals surface area contributed by atoms with E-state index in [9.17, 15) is 10.1 Å². The van der Waals surface area contributed by atoms with Crippen molar-refractivity contribution in [3.8, 4) is 0 Å². The van der Waals surface area contributed by atoms with Gasteiger partial charge in [0, 0.05) is 0 Å². The van der Waals surface area contributed by atoms with Gasteiger partial charge in [-0.05, 0) is 6.92 Å². The fourth-order valence-corrected chi connectivity index (χ4v) is 0.882. The Bertz CT molecular complexity index is 346. The minimum atomic E-state index is -0.564. The highest BCUT2D eigenvalue weighted by Gasteiger charge is 2.07. The fraction of sp³-hybridized carbons (Fsp3) is 0.200.